The molecule has 0 aromatic heterocycles. The maximum absolute atomic E-state index is 13.7. The molecular formula is C17H25FN2O2. The number of rotatable bonds is 5. The zero-order valence-electron chi connectivity index (χ0n) is 13.6. The first-order valence-electron chi connectivity index (χ1n) is 7.78. The molecule has 1 aliphatic rings. The first kappa shape index (κ1) is 16.7. The van der Waals surface area contributed by atoms with Gasteiger partial charge < -0.3 is 9.64 Å². The number of benzene rings is 1. The van der Waals surface area contributed by atoms with Crippen LogP contribution in [0.1, 0.15) is 25.3 Å². The van der Waals surface area contributed by atoms with Crippen molar-refractivity contribution < 1.29 is 13.9 Å². The fraction of sp³-hybridized carbons (Fsp3) is 0.588. The Morgan fingerprint density at radius 1 is 1.41 bits per heavy atom. The van der Waals surface area contributed by atoms with Gasteiger partial charge in [0.2, 0.25) is 5.91 Å². The van der Waals surface area contributed by atoms with Gasteiger partial charge in [-0.05, 0) is 43.5 Å². The Labute approximate surface area is 131 Å². The number of hydrogen-bond donors (Lipinski definition) is 0. The third-order valence-electron chi connectivity index (χ3n) is 4.21. The molecule has 1 aromatic rings. The minimum absolute atomic E-state index is 0.156. The van der Waals surface area contributed by atoms with Crippen LogP contribution in [0.15, 0.2) is 18.2 Å². The number of carbonyl (C=O) groups is 1. The van der Waals surface area contributed by atoms with Crippen LogP contribution < -0.4 is 4.74 Å². The van der Waals surface area contributed by atoms with E-state index in [0.29, 0.717) is 19.0 Å². The van der Waals surface area contributed by atoms with Gasteiger partial charge in [0, 0.05) is 19.6 Å². The number of likely N-dealkylation sites (tertiary alicyclic amines) is 1. The van der Waals surface area contributed by atoms with Crippen molar-refractivity contribution in [3.63, 3.8) is 0 Å². The molecule has 5 heteroatoms. The number of nitrogens with zero attached hydrogens (tertiary/aromatic N) is 2. The van der Waals surface area contributed by atoms with E-state index in [-0.39, 0.29) is 17.5 Å². The molecule has 22 heavy (non-hydrogen) atoms. The average molecular weight is 308 g/mol. The number of halogens is 1. The quantitative estimate of drug-likeness (QED) is 0.838. The van der Waals surface area contributed by atoms with Crippen LogP contribution >= 0.6 is 0 Å². The second-order valence-corrected chi connectivity index (χ2v) is 6.20. The number of methoxy groups -OCH3 is 1. The van der Waals surface area contributed by atoms with Crippen LogP contribution in [0.25, 0.3) is 0 Å². The topological polar surface area (TPSA) is 32.8 Å². The summed E-state index contributed by atoms with van der Waals surface area (Å²) in [5.41, 5.74) is 0.834. The highest BCUT2D eigenvalue weighted by molar-refractivity contribution is 5.78. The van der Waals surface area contributed by atoms with Crippen molar-refractivity contribution in [2.24, 2.45) is 5.92 Å². The zero-order valence-corrected chi connectivity index (χ0v) is 13.6. The van der Waals surface area contributed by atoms with E-state index in [2.05, 4.69) is 6.92 Å². The summed E-state index contributed by atoms with van der Waals surface area (Å²) in [7, 11) is 3.33. The zero-order chi connectivity index (χ0) is 16.1. The van der Waals surface area contributed by atoms with E-state index in [4.69, 9.17) is 4.74 Å². The van der Waals surface area contributed by atoms with Crippen molar-refractivity contribution in [2.75, 3.05) is 33.8 Å². The molecule has 0 N–H and O–H groups in total. The average Bonchev–Trinajstić information content (AvgIpc) is 2.48. The number of amides is 1. The van der Waals surface area contributed by atoms with Gasteiger partial charge in [-0.2, -0.15) is 0 Å². The summed E-state index contributed by atoms with van der Waals surface area (Å²) >= 11 is 0. The molecule has 0 spiro atoms. The Balaban J connectivity index is 1.85. The van der Waals surface area contributed by atoms with E-state index in [1.54, 1.807) is 6.07 Å². The Hall–Kier alpha value is -1.62. The highest BCUT2D eigenvalue weighted by Gasteiger charge is 2.21. The van der Waals surface area contributed by atoms with E-state index in [9.17, 15) is 9.18 Å². The van der Waals surface area contributed by atoms with Gasteiger partial charge in [-0.15, -0.1) is 0 Å². The minimum Gasteiger partial charge on any atom is -0.494 e. The molecule has 1 aliphatic heterocycles. The second-order valence-electron chi connectivity index (χ2n) is 6.20. The molecule has 122 valence electrons. The minimum atomic E-state index is -0.371. The summed E-state index contributed by atoms with van der Waals surface area (Å²) in [6, 6.07) is 4.90. The van der Waals surface area contributed by atoms with Crippen LogP contribution in [0.3, 0.4) is 0 Å². The van der Waals surface area contributed by atoms with E-state index in [1.807, 2.05) is 22.9 Å². The van der Waals surface area contributed by atoms with Crippen LogP contribution in [0, 0.1) is 11.7 Å². The van der Waals surface area contributed by atoms with Gasteiger partial charge in [0.1, 0.15) is 0 Å². The SMILES string of the molecule is COc1ccc(CN(C)CC(=O)N2CCC(C)CC2)cc1F. The third-order valence-corrected chi connectivity index (χ3v) is 4.21. The van der Waals surface area contributed by atoms with Crippen molar-refractivity contribution in [1.82, 2.24) is 9.80 Å². The fourth-order valence-electron chi connectivity index (χ4n) is 2.76. The summed E-state index contributed by atoms with van der Waals surface area (Å²) < 4.78 is 18.6. The van der Waals surface area contributed by atoms with Gasteiger partial charge in [-0.1, -0.05) is 13.0 Å². The van der Waals surface area contributed by atoms with E-state index >= 15 is 0 Å². The van der Waals surface area contributed by atoms with Crippen LogP contribution in [0.4, 0.5) is 4.39 Å². The van der Waals surface area contributed by atoms with Crippen LogP contribution in [0.5, 0.6) is 5.75 Å². The third kappa shape index (κ3) is 4.44. The molecule has 0 unspecified atom stereocenters. The van der Waals surface area contributed by atoms with Crippen LogP contribution in [-0.2, 0) is 11.3 Å². The molecule has 1 amide bonds. The van der Waals surface area contributed by atoms with E-state index < -0.39 is 0 Å². The van der Waals surface area contributed by atoms with Gasteiger partial charge in [-0.3, -0.25) is 9.69 Å². The molecule has 0 saturated carbocycles. The van der Waals surface area contributed by atoms with Crippen molar-refractivity contribution >= 4 is 5.91 Å². The Bertz CT molecular complexity index is 513. The summed E-state index contributed by atoms with van der Waals surface area (Å²) in [4.78, 5) is 16.1. The van der Waals surface area contributed by atoms with Crippen molar-refractivity contribution in [3.8, 4) is 5.75 Å². The Morgan fingerprint density at radius 2 is 2.09 bits per heavy atom. The van der Waals surface area contributed by atoms with Gasteiger partial charge >= 0.3 is 0 Å². The highest BCUT2D eigenvalue weighted by atomic mass is 19.1. The molecule has 4 nitrogen and oxygen atoms in total. The Morgan fingerprint density at radius 3 is 2.68 bits per heavy atom. The summed E-state index contributed by atoms with van der Waals surface area (Å²) in [5, 5.41) is 0. The van der Waals surface area contributed by atoms with E-state index in [0.717, 1.165) is 31.5 Å². The number of carbonyl (C=O) groups excluding carboxylic acids is 1. The highest BCUT2D eigenvalue weighted by Crippen LogP contribution is 2.19. The smallest absolute Gasteiger partial charge is 0.236 e. The summed E-state index contributed by atoms with van der Waals surface area (Å²) in [5.74, 6) is 0.738. The number of piperidine rings is 1. The van der Waals surface area contributed by atoms with Gasteiger partial charge in [-0.25, -0.2) is 4.39 Å². The van der Waals surface area contributed by atoms with Crippen LogP contribution in [-0.4, -0.2) is 49.5 Å². The standard InChI is InChI=1S/C17H25FN2O2/c1-13-6-8-20(9-7-13)17(21)12-19(2)11-14-4-5-16(22-3)15(18)10-14/h4-5,10,13H,6-9,11-12H2,1-3H3. The summed E-state index contributed by atoms with van der Waals surface area (Å²) in [6.07, 6.45) is 2.16. The van der Waals surface area contributed by atoms with Crippen molar-refractivity contribution in [3.05, 3.63) is 29.6 Å². The molecule has 1 fully saturated rings. The van der Waals surface area contributed by atoms with Crippen molar-refractivity contribution in [1.29, 1.82) is 0 Å². The first-order chi connectivity index (χ1) is 10.5. The number of likely N-dealkylation sites (N-methyl/N-ethyl adjacent to an activating group) is 1. The number of ether oxygens (including phenoxy) is 1. The predicted octanol–water partition coefficient (Wildman–Crippen LogP) is 2.52. The normalized spacial score (nSPS) is 16.1. The van der Waals surface area contributed by atoms with Crippen LogP contribution in [0.2, 0.25) is 0 Å². The lowest BCUT2D eigenvalue weighted by atomic mass is 9.99. The largest absolute Gasteiger partial charge is 0.494 e. The maximum Gasteiger partial charge on any atom is 0.236 e. The molecular weight excluding hydrogens is 283 g/mol. The molecule has 0 bridgehead atoms. The lowest BCUT2D eigenvalue weighted by Gasteiger charge is -2.31. The molecule has 2 rings (SSSR count). The first-order valence-corrected chi connectivity index (χ1v) is 7.78. The Kier molecular flexibility index (Phi) is 5.77. The molecule has 0 radical (unpaired) electrons. The second kappa shape index (κ2) is 7.58. The molecule has 1 saturated heterocycles. The fourth-order valence-corrected chi connectivity index (χ4v) is 2.76. The number of hydrogen-bond acceptors (Lipinski definition) is 3. The monoisotopic (exact) mass is 308 g/mol. The molecule has 0 aliphatic carbocycles. The molecule has 1 heterocycles. The lowest BCUT2D eigenvalue weighted by molar-refractivity contribution is -0.133. The van der Waals surface area contributed by atoms with Gasteiger partial charge in [0.05, 0.1) is 13.7 Å². The summed E-state index contributed by atoms with van der Waals surface area (Å²) in [6.45, 7) is 4.83. The molecule has 0 atom stereocenters. The van der Waals surface area contributed by atoms with Gasteiger partial charge in [0.25, 0.3) is 0 Å². The lowest BCUT2D eigenvalue weighted by Crippen LogP contribution is -2.42. The van der Waals surface area contributed by atoms with Gasteiger partial charge in [0.15, 0.2) is 11.6 Å². The van der Waals surface area contributed by atoms with E-state index in [1.165, 1.54) is 13.2 Å². The maximum atomic E-state index is 13.7. The predicted molar refractivity (Wildman–Crippen MR) is 84.3 cm³/mol. The van der Waals surface area contributed by atoms with Crippen molar-refractivity contribution in [2.45, 2.75) is 26.3 Å². The molecule has 1 aromatic carbocycles.